The van der Waals surface area contributed by atoms with Gasteiger partial charge in [-0.1, -0.05) is 18.9 Å². The first kappa shape index (κ1) is 22.9. The lowest BCUT2D eigenvalue weighted by atomic mass is 9.74. The molecule has 2 aromatic rings. The van der Waals surface area contributed by atoms with Crippen LogP contribution in [0.2, 0.25) is 0 Å². The van der Waals surface area contributed by atoms with Gasteiger partial charge in [0.05, 0.1) is 17.0 Å². The second-order valence-electron chi connectivity index (χ2n) is 7.60. The standard InChI is InChI=1S/C22H25FN6O3/c1-26-11-18(19(24)21(25)31)28-22(32)14-5-3-2-4-13(14)20(30)15-7-6-12(10-16(15)23)17-8-9-27-29-17/h6-11,13-14,24,26H,2-5H2,1H3,(H2,25,31)(H,27,29)(H,28,32)/b18-11+,24-19?. The Bertz CT molecular complexity index is 1060. The van der Waals surface area contributed by atoms with Gasteiger partial charge in [0.2, 0.25) is 5.91 Å². The molecule has 0 spiro atoms. The summed E-state index contributed by atoms with van der Waals surface area (Å²) in [6, 6.07) is 6.01. The largest absolute Gasteiger partial charge is 0.392 e. The first-order chi connectivity index (χ1) is 15.3. The number of halogens is 1. The Morgan fingerprint density at radius 3 is 2.53 bits per heavy atom. The summed E-state index contributed by atoms with van der Waals surface area (Å²) in [5.74, 6) is -4.05. The number of primary amides is 1. The first-order valence-corrected chi connectivity index (χ1v) is 10.2. The average molecular weight is 440 g/mol. The summed E-state index contributed by atoms with van der Waals surface area (Å²) in [6.07, 6.45) is 5.18. The fraction of sp³-hybridized carbons (Fsp3) is 0.318. The molecule has 1 fully saturated rings. The Morgan fingerprint density at radius 1 is 1.22 bits per heavy atom. The maximum absolute atomic E-state index is 14.8. The van der Waals surface area contributed by atoms with Crippen LogP contribution in [0.5, 0.6) is 0 Å². The number of nitrogens with one attached hydrogen (secondary N) is 4. The molecular weight excluding hydrogens is 415 g/mol. The number of nitrogens with zero attached hydrogens (tertiary/aromatic N) is 1. The van der Waals surface area contributed by atoms with Crippen LogP contribution in [-0.2, 0) is 9.59 Å². The van der Waals surface area contributed by atoms with E-state index in [2.05, 4.69) is 20.8 Å². The van der Waals surface area contributed by atoms with Crippen molar-refractivity contribution in [3.63, 3.8) is 0 Å². The number of rotatable bonds is 8. The highest BCUT2D eigenvalue weighted by Crippen LogP contribution is 2.34. The Hall–Kier alpha value is -3.82. The molecule has 0 radical (unpaired) electrons. The second-order valence-corrected chi connectivity index (χ2v) is 7.60. The number of amides is 2. The summed E-state index contributed by atoms with van der Waals surface area (Å²) >= 11 is 0. The van der Waals surface area contributed by atoms with Crippen molar-refractivity contribution in [1.82, 2.24) is 20.8 Å². The molecule has 32 heavy (non-hydrogen) atoms. The lowest BCUT2D eigenvalue weighted by Crippen LogP contribution is -2.42. The fourth-order valence-electron chi connectivity index (χ4n) is 3.93. The maximum atomic E-state index is 14.8. The van der Waals surface area contributed by atoms with Gasteiger partial charge in [0.25, 0.3) is 5.91 Å². The minimum absolute atomic E-state index is 0.0752. The molecule has 1 saturated carbocycles. The van der Waals surface area contributed by atoms with E-state index in [1.54, 1.807) is 25.4 Å². The summed E-state index contributed by atoms with van der Waals surface area (Å²) in [5, 5.41) is 19.5. The van der Waals surface area contributed by atoms with Crippen molar-refractivity contribution >= 4 is 23.3 Å². The number of ketones is 1. The highest BCUT2D eigenvalue weighted by atomic mass is 19.1. The van der Waals surface area contributed by atoms with Crippen molar-refractivity contribution in [2.45, 2.75) is 25.7 Å². The van der Waals surface area contributed by atoms with Crippen molar-refractivity contribution in [2.75, 3.05) is 7.05 Å². The molecule has 1 aromatic carbocycles. The topological polar surface area (TPSA) is 154 Å². The van der Waals surface area contributed by atoms with Crippen molar-refractivity contribution in [1.29, 1.82) is 5.41 Å². The monoisotopic (exact) mass is 440 g/mol. The molecule has 0 saturated heterocycles. The quantitative estimate of drug-likeness (QED) is 0.313. The van der Waals surface area contributed by atoms with E-state index in [0.29, 0.717) is 24.1 Å². The zero-order chi connectivity index (χ0) is 23.3. The number of aromatic nitrogens is 2. The smallest absolute Gasteiger partial charge is 0.268 e. The molecule has 1 aliphatic rings. The van der Waals surface area contributed by atoms with Gasteiger partial charge in [0.1, 0.15) is 11.5 Å². The highest BCUT2D eigenvalue weighted by molar-refractivity contribution is 6.43. The van der Waals surface area contributed by atoms with Crippen LogP contribution in [0.4, 0.5) is 4.39 Å². The van der Waals surface area contributed by atoms with E-state index in [1.165, 1.54) is 18.3 Å². The van der Waals surface area contributed by atoms with E-state index in [4.69, 9.17) is 11.1 Å². The Labute approximate surface area is 184 Å². The minimum Gasteiger partial charge on any atom is -0.392 e. The van der Waals surface area contributed by atoms with E-state index in [9.17, 15) is 18.8 Å². The molecular formula is C22H25FN6O3. The lowest BCUT2D eigenvalue weighted by Gasteiger charge is -2.30. The summed E-state index contributed by atoms with van der Waals surface area (Å²) in [7, 11) is 1.54. The molecule has 9 nitrogen and oxygen atoms in total. The van der Waals surface area contributed by atoms with Crippen LogP contribution in [0, 0.1) is 23.1 Å². The van der Waals surface area contributed by atoms with Crippen LogP contribution in [0.15, 0.2) is 42.4 Å². The normalized spacial score (nSPS) is 18.6. The van der Waals surface area contributed by atoms with Crippen molar-refractivity contribution in [2.24, 2.45) is 17.6 Å². The van der Waals surface area contributed by atoms with Gasteiger partial charge in [-0.2, -0.15) is 5.10 Å². The van der Waals surface area contributed by atoms with E-state index in [1.807, 2.05) is 0 Å². The van der Waals surface area contributed by atoms with Crippen molar-refractivity contribution in [3.8, 4) is 11.3 Å². The molecule has 2 amide bonds. The fourth-order valence-corrected chi connectivity index (χ4v) is 3.93. The van der Waals surface area contributed by atoms with Crippen LogP contribution in [0.3, 0.4) is 0 Å². The van der Waals surface area contributed by atoms with E-state index in [-0.39, 0.29) is 11.3 Å². The van der Waals surface area contributed by atoms with Gasteiger partial charge >= 0.3 is 0 Å². The van der Waals surface area contributed by atoms with Crippen LogP contribution in [0.1, 0.15) is 36.0 Å². The molecule has 6 N–H and O–H groups in total. The number of aromatic amines is 1. The molecule has 0 aliphatic heterocycles. The average Bonchev–Trinajstić information content (AvgIpc) is 3.32. The molecule has 1 aliphatic carbocycles. The summed E-state index contributed by atoms with van der Waals surface area (Å²) < 4.78 is 14.8. The third kappa shape index (κ3) is 4.90. The minimum atomic E-state index is -0.998. The van der Waals surface area contributed by atoms with Crippen LogP contribution in [-0.4, -0.2) is 40.6 Å². The van der Waals surface area contributed by atoms with Crippen LogP contribution in [0.25, 0.3) is 11.3 Å². The third-order valence-corrected chi connectivity index (χ3v) is 5.55. The van der Waals surface area contributed by atoms with Gasteiger partial charge in [-0.3, -0.25) is 24.9 Å². The third-order valence-electron chi connectivity index (χ3n) is 5.55. The van der Waals surface area contributed by atoms with Gasteiger partial charge in [-0.25, -0.2) is 4.39 Å². The Balaban J connectivity index is 1.82. The second kappa shape index (κ2) is 9.99. The van der Waals surface area contributed by atoms with Crippen molar-refractivity contribution in [3.05, 3.63) is 53.7 Å². The van der Waals surface area contributed by atoms with Gasteiger partial charge in [0, 0.05) is 36.8 Å². The first-order valence-electron chi connectivity index (χ1n) is 10.2. The number of nitrogens with two attached hydrogens (primary N) is 1. The Kier molecular flexibility index (Phi) is 7.14. The Morgan fingerprint density at radius 2 is 1.94 bits per heavy atom. The zero-order valence-corrected chi connectivity index (χ0v) is 17.6. The number of hydrogen-bond acceptors (Lipinski definition) is 6. The van der Waals surface area contributed by atoms with Gasteiger partial charge in [-0.15, -0.1) is 0 Å². The predicted octanol–water partition coefficient (Wildman–Crippen LogP) is 1.89. The lowest BCUT2D eigenvalue weighted by molar-refractivity contribution is -0.126. The van der Waals surface area contributed by atoms with E-state index >= 15 is 0 Å². The zero-order valence-electron chi connectivity index (χ0n) is 17.6. The maximum Gasteiger partial charge on any atom is 0.268 e. The van der Waals surface area contributed by atoms with E-state index in [0.717, 1.165) is 12.8 Å². The van der Waals surface area contributed by atoms with Gasteiger partial charge in [0.15, 0.2) is 5.78 Å². The summed E-state index contributed by atoms with van der Waals surface area (Å²) in [4.78, 5) is 37.5. The summed E-state index contributed by atoms with van der Waals surface area (Å²) in [6.45, 7) is 0. The SMILES string of the molecule is CN/C=C(/NC(=O)C1CCCCC1C(=O)c1ccc(-c2ccn[nH]2)cc1F)C(=N)C(N)=O. The van der Waals surface area contributed by atoms with Crippen LogP contribution >= 0.6 is 0 Å². The number of H-pyrrole nitrogens is 1. The number of carbonyl (C=O) groups excluding carboxylic acids is 3. The molecule has 2 atom stereocenters. The molecule has 1 aromatic heterocycles. The number of Topliss-reactive ketones (excluding diaryl/α,β-unsaturated/α-hetero) is 1. The number of benzene rings is 1. The molecule has 2 unspecified atom stereocenters. The number of hydrogen-bond donors (Lipinski definition) is 5. The molecule has 1 heterocycles. The predicted molar refractivity (Wildman–Crippen MR) is 116 cm³/mol. The molecule has 0 bridgehead atoms. The van der Waals surface area contributed by atoms with E-state index < -0.39 is 41.0 Å². The summed E-state index contributed by atoms with van der Waals surface area (Å²) in [5.41, 5.74) is 5.61. The number of carbonyl (C=O) groups is 3. The van der Waals surface area contributed by atoms with Crippen LogP contribution < -0.4 is 16.4 Å². The molecule has 3 rings (SSSR count). The highest BCUT2D eigenvalue weighted by Gasteiger charge is 2.37. The van der Waals surface area contributed by atoms with Crippen molar-refractivity contribution < 1.29 is 18.8 Å². The van der Waals surface area contributed by atoms with Gasteiger partial charge < -0.3 is 16.4 Å². The molecule has 168 valence electrons. The van der Waals surface area contributed by atoms with Gasteiger partial charge in [-0.05, 0) is 31.0 Å². The molecule has 10 heteroatoms.